The molecule has 2 aliphatic heterocycles. The summed E-state index contributed by atoms with van der Waals surface area (Å²) in [5, 5.41) is 16.6. The summed E-state index contributed by atoms with van der Waals surface area (Å²) in [5.74, 6) is 7.40. The number of carbonyl (C=O) groups excluding carboxylic acids is 3. The number of hydrogen-bond acceptors (Lipinski definition) is 7. The van der Waals surface area contributed by atoms with Gasteiger partial charge in [-0.05, 0) is 72.5 Å². The number of amides is 4. The molecule has 2 aromatic heterocycles. The van der Waals surface area contributed by atoms with Crippen LogP contribution in [0.3, 0.4) is 0 Å². The fourth-order valence-electron chi connectivity index (χ4n) is 8.72. The molecule has 316 valence electrons. The highest BCUT2D eigenvalue weighted by atomic mass is 16.5. The number of imidazole rings is 2. The first-order valence-corrected chi connectivity index (χ1v) is 20.9. The van der Waals surface area contributed by atoms with Crippen molar-refractivity contribution < 1.29 is 29.0 Å². The molecule has 7 aromatic rings. The number of carbonyl (C=O) groups is 4. The van der Waals surface area contributed by atoms with Gasteiger partial charge >= 0.3 is 12.2 Å². The van der Waals surface area contributed by atoms with E-state index in [1.165, 1.54) is 7.11 Å². The molecule has 2 fully saturated rings. The Morgan fingerprint density at radius 1 is 0.730 bits per heavy atom. The quantitative estimate of drug-likeness (QED) is 0.0907. The van der Waals surface area contributed by atoms with E-state index in [1.54, 1.807) is 34.1 Å². The van der Waals surface area contributed by atoms with E-state index in [-0.39, 0.29) is 23.9 Å². The van der Waals surface area contributed by atoms with Crippen molar-refractivity contribution in [2.45, 2.75) is 49.9 Å². The number of aromatic amines is 2. The molecule has 2 saturated heterocycles. The lowest BCUT2D eigenvalue weighted by Crippen LogP contribution is -2.42. The first-order valence-electron chi connectivity index (χ1n) is 20.9. The molecule has 4 atom stereocenters. The number of rotatable bonds is 9. The monoisotopic (exact) mass is 840 g/mol. The van der Waals surface area contributed by atoms with Gasteiger partial charge in [0.2, 0.25) is 0 Å². The highest BCUT2D eigenvalue weighted by Gasteiger charge is 2.38. The summed E-state index contributed by atoms with van der Waals surface area (Å²) < 4.78 is 4.82. The van der Waals surface area contributed by atoms with Gasteiger partial charge in [0.1, 0.15) is 23.7 Å². The third-order valence-corrected chi connectivity index (χ3v) is 11.8. The average Bonchev–Trinajstić information content (AvgIpc) is 4.16. The Balaban J connectivity index is 0.885. The van der Waals surface area contributed by atoms with Crippen molar-refractivity contribution in [2.24, 2.45) is 0 Å². The average molecular weight is 841 g/mol. The molecule has 63 heavy (non-hydrogen) atoms. The number of hydrogen-bond donors (Lipinski definition) is 5. The molecule has 4 amide bonds. The molecule has 5 aromatic carbocycles. The number of ether oxygens (including phenoxy) is 1. The van der Waals surface area contributed by atoms with E-state index in [4.69, 9.17) is 14.7 Å². The largest absolute Gasteiger partial charge is 0.465 e. The first kappa shape index (κ1) is 40.5. The maximum absolute atomic E-state index is 13.9. The van der Waals surface area contributed by atoms with Crippen LogP contribution < -0.4 is 10.6 Å². The predicted molar refractivity (Wildman–Crippen MR) is 236 cm³/mol. The van der Waals surface area contributed by atoms with Gasteiger partial charge in [0.05, 0.1) is 35.9 Å². The van der Waals surface area contributed by atoms with Crippen LogP contribution in [0.1, 0.15) is 83.8 Å². The van der Waals surface area contributed by atoms with Gasteiger partial charge in [-0.3, -0.25) is 9.59 Å². The van der Waals surface area contributed by atoms with Crippen molar-refractivity contribution in [2.75, 3.05) is 20.2 Å². The van der Waals surface area contributed by atoms with E-state index in [0.29, 0.717) is 42.3 Å². The summed E-state index contributed by atoms with van der Waals surface area (Å²) in [6.07, 6.45) is 2.93. The Labute approximate surface area is 362 Å². The molecule has 14 heteroatoms. The van der Waals surface area contributed by atoms with E-state index in [9.17, 15) is 24.3 Å². The van der Waals surface area contributed by atoms with Gasteiger partial charge < -0.3 is 40.2 Å². The van der Waals surface area contributed by atoms with Gasteiger partial charge in [0, 0.05) is 41.4 Å². The molecule has 0 radical (unpaired) electrons. The molecular weight excluding hydrogens is 797 g/mol. The molecule has 5 N–H and O–H groups in total. The van der Waals surface area contributed by atoms with Crippen molar-refractivity contribution in [1.29, 1.82) is 0 Å². The molecule has 0 saturated carbocycles. The number of aromatic nitrogens is 4. The molecule has 0 bridgehead atoms. The normalized spacial score (nSPS) is 16.9. The minimum Gasteiger partial charge on any atom is -0.465 e. The minimum absolute atomic E-state index is 0.224. The van der Waals surface area contributed by atoms with Crippen molar-refractivity contribution in [3.8, 4) is 23.1 Å². The van der Waals surface area contributed by atoms with Crippen LogP contribution in [0.25, 0.3) is 33.1 Å². The second-order valence-electron chi connectivity index (χ2n) is 15.7. The Bertz CT molecular complexity index is 2880. The third kappa shape index (κ3) is 8.41. The van der Waals surface area contributed by atoms with Crippen LogP contribution in [0, 0.1) is 11.8 Å². The van der Waals surface area contributed by atoms with Crippen LogP contribution in [-0.2, 0) is 14.3 Å². The third-order valence-electron chi connectivity index (χ3n) is 11.8. The van der Waals surface area contributed by atoms with Crippen molar-refractivity contribution in [3.63, 3.8) is 0 Å². The van der Waals surface area contributed by atoms with Crippen LogP contribution in [0.4, 0.5) is 9.59 Å². The molecule has 0 aliphatic carbocycles. The predicted octanol–water partition coefficient (Wildman–Crippen LogP) is 7.94. The van der Waals surface area contributed by atoms with Gasteiger partial charge in [-0.25, -0.2) is 19.6 Å². The Hall–Kier alpha value is -7.92. The second-order valence-corrected chi connectivity index (χ2v) is 15.7. The molecular formula is C49H44N8O6. The lowest BCUT2D eigenvalue weighted by atomic mass is 10.0. The summed E-state index contributed by atoms with van der Waals surface area (Å²) >= 11 is 0. The summed E-state index contributed by atoms with van der Waals surface area (Å²) in [7, 11) is 1.27. The number of carboxylic acid groups (broad SMARTS) is 1. The Kier molecular flexibility index (Phi) is 11.3. The maximum atomic E-state index is 13.9. The van der Waals surface area contributed by atoms with Gasteiger partial charge in [-0.15, -0.1) is 0 Å². The number of likely N-dealkylation sites (tertiary alicyclic amines) is 2. The zero-order chi connectivity index (χ0) is 43.5. The number of nitrogens with one attached hydrogen (secondary N) is 4. The smallest absolute Gasteiger partial charge is 0.407 e. The van der Waals surface area contributed by atoms with E-state index in [2.05, 4.69) is 32.4 Å². The summed E-state index contributed by atoms with van der Waals surface area (Å²) in [4.78, 5) is 71.8. The Morgan fingerprint density at radius 2 is 1.33 bits per heavy atom. The van der Waals surface area contributed by atoms with E-state index < -0.39 is 24.3 Å². The maximum Gasteiger partial charge on any atom is 0.407 e. The van der Waals surface area contributed by atoms with Crippen LogP contribution >= 0.6 is 0 Å². The lowest BCUT2D eigenvalue weighted by Gasteiger charge is -2.28. The lowest BCUT2D eigenvalue weighted by molar-refractivity contribution is -0.135. The number of alkyl carbamates (subject to hydrolysis) is 1. The highest BCUT2D eigenvalue weighted by Crippen LogP contribution is 2.36. The summed E-state index contributed by atoms with van der Waals surface area (Å²) in [5.41, 5.74) is 6.23. The summed E-state index contributed by atoms with van der Waals surface area (Å²) in [6.45, 7) is 1.04. The van der Waals surface area contributed by atoms with Crippen LogP contribution in [0.15, 0.2) is 121 Å². The van der Waals surface area contributed by atoms with Crippen LogP contribution in [-0.4, -0.2) is 79.0 Å². The first-order chi connectivity index (χ1) is 30.7. The van der Waals surface area contributed by atoms with Gasteiger partial charge in [0.15, 0.2) is 0 Å². The van der Waals surface area contributed by atoms with E-state index in [1.807, 2.05) is 97.2 Å². The number of nitrogens with zero attached hydrogens (tertiary/aromatic N) is 4. The van der Waals surface area contributed by atoms with Gasteiger partial charge in [0.25, 0.3) is 11.8 Å². The SMILES string of the molecule is COC(=O)N[C@@H](C(=O)N1CCC[C@H]1c1nc(-c2ccc(C#Cc3ccc4c(ccc5nc([C@@H]6CCCN6C(=O)[C@H](NC(=O)O)c6ccccc6)[nH]c54)c3)cc2)c[nH]1)c1ccccc1. The van der Waals surface area contributed by atoms with Crippen molar-refractivity contribution in [3.05, 3.63) is 155 Å². The molecule has 4 heterocycles. The number of benzene rings is 5. The zero-order valence-electron chi connectivity index (χ0n) is 34.4. The topological polar surface area (TPSA) is 186 Å². The fourth-order valence-corrected chi connectivity index (χ4v) is 8.72. The highest BCUT2D eigenvalue weighted by molar-refractivity contribution is 6.04. The van der Waals surface area contributed by atoms with Crippen molar-refractivity contribution in [1.82, 2.24) is 40.4 Å². The standard InChI is InChI=1S/C49H44N8O6/c1-63-49(62)55-42(34-12-6-3-7-13-34)47(59)56-26-8-14-39(56)44-50-29-38(52-44)32-21-18-30(19-22-32)16-17-31-20-24-36-35(28-31)23-25-37-43(36)53-45(51-37)40-15-9-27-57(40)46(58)41(54-48(60)61)33-10-4-2-5-11-33/h2-7,10-13,18-25,28-29,39-42,54H,8-9,14-15,26-27H2,1H3,(H,50,52)(H,51,53)(H,55,62)(H,60,61)/t39-,40-,41+,42+/m0/s1. The second kappa shape index (κ2) is 17.6. The molecule has 0 unspecified atom stereocenters. The minimum atomic E-state index is -1.26. The van der Waals surface area contributed by atoms with E-state index >= 15 is 0 Å². The molecule has 2 aliphatic rings. The van der Waals surface area contributed by atoms with Gasteiger partial charge in [-0.2, -0.15) is 0 Å². The van der Waals surface area contributed by atoms with Crippen LogP contribution in [0.5, 0.6) is 0 Å². The molecule has 0 spiro atoms. The zero-order valence-corrected chi connectivity index (χ0v) is 34.4. The van der Waals surface area contributed by atoms with Crippen molar-refractivity contribution >= 4 is 45.8 Å². The van der Waals surface area contributed by atoms with E-state index in [0.717, 1.165) is 63.5 Å². The van der Waals surface area contributed by atoms with Crippen LogP contribution in [0.2, 0.25) is 0 Å². The molecule has 14 nitrogen and oxygen atoms in total. The molecule has 9 rings (SSSR count). The Morgan fingerprint density at radius 3 is 1.97 bits per heavy atom. The number of fused-ring (bicyclic) bond motifs is 3. The summed E-state index contributed by atoms with van der Waals surface area (Å²) in [6, 6.07) is 33.4. The number of H-pyrrole nitrogens is 2. The number of methoxy groups -OCH3 is 1. The van der Waals surface area contributed by atoms with Gasteiger partial charge in [-0.1, -0.05) is 96.8 Å². The fraction of sp³-hybridized carbons (Fsp3) is 0.224.